The van der Waals surface area contributed by atoms with Crippen LogP contribution in [0.5, 0.6) is 0 Å². The molecular weight excluding hydrogens is 186 g/mol. The van der Waals surface area contributed by atoms with E-state index in [0.29, 0.717) is 22.9 Å². The number of carboxylic acids is 1. The summed E-state index contributed by atoms with van der Waals surface area (Å²) in [7, 11) is 0. The van der Waals surface area contributed by atoms with Crippen LogP contribution in [0.2, 0.25) is 0 Å². The lowest BCUT2D eigenvalue weighted by atomic mass is 10.4. The second-order valence-electron chi connectivity index (χ2n) is 2.79. The molecule has 0 radical (unpaired) electrons. The predicted molar refractivity (Wildman–Crippen MR) is 45.6 cm³/mol. The fourth-order valence-corrected chi connectivity index (χ4v) is 1.07. The Labute approximate surface area is 78.2 Å². The maximum atomic E-state index is 10.4. The van der Waals surface area contributed by atoms with Gasteiger partial charge in [0.1, 0.15) is 12.2 Å². The smallest absolute Gasteiger partial charge is 0.311 e. The second kappa shape index (κ2) is 3.02. The van der Waals surface area contributed by atoms with Crippen LogP contribution < -0.4 is 0 Å². The Morgan fingerprint density at radius 2 is 2.21 bits per heavy atom. The van der Waals surface area contributed by atoms with Gasteiger partial charge in [0.15, 0.2) is 11.5 Å². The van der Waals surface area contributed by atoms with Gasteiger partial charge in [0, 0.05) is 0 Å². The number of rotatable bonds is 2. The first-order chi connectivity index (χ1) is 6.65. The van der Waals surface area contributed by atoms with Gasteiger partial charge in [-0.3, -0.25) is 4.79 Å². The number of carbonyl (C=O) groups is 1. The Morgan fingerprint density at radius 1 is 1.43 bits per heavy atom. The first-order valence-corrected chi connectivity index (χ1v) is 3.93. The van der Waals surface area contributed by atoms with Crippen LogP contribution in [-0.2, 0) is 11.2 Å². The van der Waals surface area contributed by atoms with E-state index < -0.39 is 5.97 Å². The van der Waals surface area contributed by atoms with E-state index >= 15 is 0 Å². The van der Waals surface area contributed by atoms with E-state index in [4.69, 9.17) is 5.11 Å². The maximum absolute atomic E-state index is 10.4. The fraction of sp³-hybridized carbons (Fsp3) is 0.286. The molecule has 7 nitrogen and oxygen atoms in total. The minimum absolute atomic E-state index is 0.170. The van der Waals surface area contributed by atoms with Gasteiger partial charge >= 0.3 is 5.97 Å². The topological polar surface area (TPSA) is 105 Å². The van der Waals surface area contributed by atoms with E-state index in [1.807, 2.05) is 0 Å². The Balaban J connectivity index is 2.46. The number of nitrogens with zero attached hydrogens (tertiary/aromatic N) is 4. The van der Waals surface area contributed by atoms with Crippen molar-refractivity contribution >= 4 is 17.3 Å². The van der Waals surface area contributed by atoms with Crippen LogP contribution in [0.15, 0.2) is 0 Å². The van der Waals surface area contributed by atoms with Gasteiger partial charge in [-0.2, -0.15) is 0 Å². The molecule has 0 aliphatic heterocycles. The molecule has 0 unspecified atom stereocenters. The highest BCUT2D eigenvalue weighted by atomic mass is 16.4. The van der Waals surface area contributed by atoms with Crippen LogP contribution >= 0.6 is 0 Å². The maximum Gasteiger partial charge on any atom is 0.311 e. The molecule has 0 saturated heterocycles. The van der Waals surface area contributed by atoms with Gasteiger partial charge in [-0.25, -0.2) is 9.97 Å². The Bertz CT molecular complexity index is 492. The number of H-pyrrole nitrogens is 1. The van der Waals surface area contributed by atoms with Crippen LogP contribution in [-0.4, -0.2) is 36.2 Å². The molecule has 0 aliphatic rings. The number of nitrogens with one attached hydrogen (secondary N) is 1. The number of fused-ring (bicyclic) bond motifs is 1. The number of aliphatic carboxylic acids is 1. The number of hydrogen-bond acceptors (Lipinski definition) is 5. The van der Waals surface area contributed by atoms with Crippen molar-refractivity contribution in [1.29, 1.82) is 0 Å². The molecule has 14 heavy (non-hydrogen) atoms. The molecule has 2 rings (SSSR count). The van der Waals surface area contributed by atoms with Crippen molar-refractivity contribution in [3.8, 4) is 0 Å². The average molecular weight is 193 g/mol. The van der Waals surface area contributed by atoms with E-state index in [1.54, 1.807) is 6.92 Å². The summed E-state index contributed by atoms with van der Waals surface area (Å²) < 4.78 is 0. The normalized spacial score (nSPS) is 10.6. The third kappa shape index (κ3) is 1.51. The summed E-state index contributed by atoms with van der Waals surface area (Å²) in [6.45, 7) is 1.69. The summed E-state index contributed by atoms with van der Waals surface area (Å²) in [5.74, 6) is -0.112. The van der Waals surface area contributed by atoms with Gasteiger partial charge in [-0.15, -0.1) is 10.2 Å². The lowest BCUT2D eigenvalue weighted by molar-refractivity contribution is -0.136. The highest BCUT2D eigenvalue weighted by molar-refractivity contribution is 5.71. The fourth-order valence-electron chi connectivity index (χ4n) is 1.07. The van der Waals surface area contributed by atoms with Gasteiger partial charge in [-0.05, 0) is 6.92 Å². The van der Waals surface area contributed by atoms with Gasteiger partial charge in [0.05, 0.1) is 0 Å². The molecule has 0 bridgehead atoms. The van der Waals surface area contributed by atoms with Crippen LogP contribution in [0, 0.1) is 6.92 Å². The van der Waals surface area contributed by atoms with Gasteiger partial charge < -0.3 is 10.1 Å². The third-order valence-electron chi connectivity index (χ3n) is 1.60. The molecule has 0 atom stereocenters. The summed E-state index contributed by atoms with van der Waals surface area (Å²) in [5, 5.41) is 16.0. The monoisotopic (exact) mass is 193 g/mol. The van der Waals surface area contributed by atoms with Crippen molar-refractivity contribution in [2.24, 2.45) is 0 Å². The van der Waals surface area contributed by atoms with E-state index in [-0.39, 0.29) is 6.42 Å². The molecule has 2 heterocycles. The molecule has 0 aromatic carbocycles. The highest BCUT2D eigenvalue weighted by Gasteiger charge is 2.08. The average Bonchev–Trinajstić information content (AvgIpc) is 2.44. The van der Waals surface area contributed by atoms with E-state index in [1.165, 1.54) is 0 Å². The summed E-state index contributed by atoms with van der Waals surface area (Å²) >= 11 is 0. The second-order valence-corrected chi connectivity index (χ2v) is 2.79. The zero-order valence-electron chi connectivity index (χ0n) is 7.35. The SMILES string of the molecule is Cc1nnc2[nH]c(CC(=O)O)nc2n1. The molecule has 2 aromatic heterocycles. The zero-order valence-corrected chi connectivity index (χ0v) is 7.35. The number of aryl methyl sites for hydroxylation is 1. The number of aromatic nitrogens is 5. The number of hydrogen-bond donors (Lipinski definition) is 2. The van der Waals surface area contributed by atoms with E-state index in [9.17, 15) is 4.79 Å². The van der Waals surface area contributed by atoms with Crippen molar-refractivity contribution < 1.29 is 9.90 Å². The van der Waals surface area contributed by atoms with Crippen molar-refractivity contribution in [1.82, 2.24) is 25.1 Å². The Hall–Kier alpha value is -2.05. The molecule has 2 N–H and O–H groups in total. The number of imidazole rings is 1. The molecule has 7 heteroatoms. The van der Waals surface area contributed by atoms with Gasteiger partial charge in [0.2, 0.25) is 5.65 Å². The third-order valence-corrected chi connectivity index (χ3v) is 1.60. The first-order valence-electron chi connectivity index (χ1n) is 3.93. The molecular formula is C7H7N5O2. The summed E-state index contributed by atoms with van der Waals surface area (Å²) in [4.78, 5) is 21.1. The van der Waals surface area contributed by atoms with Gasteiger partial charge in [-0.1, -0.05) is 0 Å². The number of aromatic amines is 1. The van der Waals surface area contributed by atoms with Crippen molar-refractivity contribution in [2.75, 3.05) is 0 Å². The summed E-state index contributed by atoms with van der Waals surface area (Å²) in [5.41, 5.74) is 0.806. The minimum Gasteiger partial charge on any atom is -0.481 e. The van der Waals surface area contributed by atoms with Crippen LogP contribution in [0.25, 0.3) is 11.3 Å². The molecule has 0 fully saturated rings. The van der Waals surface area contributed by atoms with E-state index in [2.05, 4.69) is 25.1 Å². The molecule has 2 aromatic rings. The molecule has 72 valence electrons. The number of carboxylic acid groups (broad SMARTS) is 1. The zero-order chi connectivity index (χ0) is 10.1. The molecule has 0 amide bonds. The van der Waals surface area contributed by atoms with Crippen LogP contribution in [0.4, 0.5) is 0 Å². The van der Waals surface area contributed by atoms with Gasteiger partial charge in [0.25, 0.3) is 0 Å². The lowest BCUT2D eigenvalue weighted by Crippen LogP contribution is -2.01. The van der Waals surface area contributed by atoms with E-state index in [0.717, 1.165) is 0 Å². The van der Waals surface area contributed by atoms with Crippen LogP contribution in [0.3, 0.4) is 0 Å². The molecule has 0 saturated carbocycles. The Morgan fingerprint density at radius 3 is 2.93 bits per heavy atom. The van der Waals surface area contributed by atoms with Crippen molar-refractivity contribution in [2.45, 2.75) is 13.3 Å². The summed E-state index contributed by atoms with van der Waals surface area (Å²) in [6.07, 6.45) is -0.170. The first kappa shape index (κ1) is 8.54. The van der Waals surface area contributed by atoms with Crippen LogP contribution in [0.1, 0.15) is 11.6 Å². The molecule has 0 aliphatic carbocycles. The highest BCUT2D eigenvalue weighted by Crippen LogP contribution is 2.04. The van der Waals surface area contributed by atoms with Crippen molar-refractivity contribution in [3.05, 3.63) is 11.6 Å². The Kier molecular flexibility index (Phi) is 1.84. The molecule has 0 spiro atoms. The summed E-state index contributed by atoms with van der Waals surface area (Å²) in [6, 6.07) is 0. The van der Waals surface area contributed by atoms with Crippen molar-refractivity contribution in [3.63, 3.8) is 0 Å². The quantitative estimate of drug-likeness (QED) is 0.677. The predicted octanol–water partition coefficient (Wildman–Crippen LogP) is -0.317. The lowest BCUT2D eigenvalue weighted by Gasteiger charge is -1.85. The minimum atomic E-state index is -0.950. The standard InChI is InChI=1S/C7H7N5O2/c1-3-8-6-7(12-11-3)10-4(9-6)2-5(13)14/h2H2,1H3,(H,13,14)(H,8,9,10,11,12). The largest absolute Gasteiger partial charge is 0.481 e.